The summed E-state index contributed by atoms with van der Waals surface area (Å²) in [5, 5.41) is 5.51. The number of alkyl halides is 3. The fourth-order valence-electron chi connectivity index (χ4n) is 2.58. The first-order valence-electron chi connectivity index (χ1n) is 7.34. The maximum Gasteiger partial charge on any atom is 0.505 e. The molecule has 0 N–H and O–H groups in total. The van der Waals surface area contributed by atoms with Crippen LogP contribution >= 0.6 is 0 Å². The van der Waals surface area contributed by atoms with Gasteiger partial charge >= 0.3 is 6.30 Å². The van der Waals surface area contributed by atoms with E-state index in [4.69, 9.17) is 0 Å². The smallest absolute Gasteiger partial charge is 0.171 e. The lowest BCUT2D eigenvalue weighted by atomic mass is 9.91. The summed E-state index contributed by atoms with van der Waals surface area (Å²) in [5.74, 6) is 0. The number of benzene rings is 2. The zero-order valence-electron chi connectivity index (χ0n) is 13.1. The third-order valence-electron chi connectivity index (χ3n) is 3.78. The summed E-state index contributed by atoms with van der Waals surface area (Å²) in [6, 6.07) is 14.3. The highest BCUT2D eigenvalue weighted by molar-refractivity contribution is 5.95. The van der Waals surface area contributed by atoms with Crippen LogP contribution in [-0.2, 0) is 11.7 Å². The van der Waals surface area contributed by atoms with E-state index < -0.39 is 11.7 Å². The molecule has 0 fully saturated rings. The zero-order chi connectivity index (χ0) is 16.8. The van der Waals surface area contributed by atoms with E-state index >= 15 is 0 Å². The first kappa shape index (κ1) is 15.6. The van der Waals surface area contributed by atoms with E-state index in [0.717, 1.165) is 10.8 Å². The van der Waals surface area contributed by atoms with Crippen LogP contribution < -0.4 is 0 Å². The molecule has 0 bridgehead atoms. The first-order valence-corrected chi connectivity index (χ1v) is 7.34. The summed E-state index contributed by atoms with van der Waals surface area (Å²) < 4.78 is 40.5. The summed E-state index contributed by atoms with van der Waals surface area (Å²) in [5.41, 5.74) is 0.552. The highest BCUT2D eigenvalue weighted by atomic mass is 19.4. The molecule has 1 aromatic heterocycles. The van der Waals surface area contributed by atoms with Crippen molar-refractivity contribution in [1.82, 2.24) is 9.78 Å². The predicted molar refractivity (Wildman–Crippen MR) is 85.2 cm³/mol. The van der Waals surface area contributed by atoms with E-state index in [1.807, 2.05) is 51.1 Å². The van der Waals surface area contributed by atoms with Gasteiger partial charge in [0, 0.05) is 11.0 Å². The van der Waals surface area contributed by atoms with Gasteiger partial charge in [-0.3, -0.25) is 0 Å². The van der Waals surface area contributed by atoms with E-state index in [0.29, 0.717) is 11.3 Å². The van der Waals surface area contributed by atoms with Crippen LogP contribution in [0.1, 0.15) is 26.5 Å². The Bertz CT molecular complexity index is 849. The molecule has 1 heterocycles. The Balaban J connectivity index is 2.32. The molecule has 0 radical (unpaired) electrons. The van der Waals surface area contributed by atoms with Crippen LogP contribution in [0.5, 0.6) is 0 Å². The Morgan fingerprint density at radius 1 is 0.913 bits per heavy atom. The molecular formula is C18H17F3N2. The normalized spacial score (nSPS) is 12.8. The third kappa shape index (κ3) is 2.83. The highest BCUT2D eigenvalue weighted by Gasteiger charge is 2.36. The van der Waals surface area contributed by atoms with Crippen LogP contribution in [0.25, 0.3) is 22.0 Å². The molecule has 2 aromatic carbocycles. The molecule has 2 nitrogen and oxygen atoms in total. The largest absolute Gasteiger partial charge is 0.505 e. The number of aromatic nitrogens is 2. The molecule has 120 valence electrons. The van der Waals surface area contributed by atoms with Crippen LogP contribution in [0.4, 0.5) is 13.2 Å². The minimum atomic E-state index is -4.56. The summed E-state index contributed by atoms with van der Waals surface area (Å²) in [4.78, 5) is 0. The number of hydrogen-bond donors (Lipinski definition) is 0. The van der Waals surface area contributed by atoms with Gasteiger partial charge in [0.2, 0.25) is 0 Å². The van der Waals surface area contributed by atoms with Crippen molar-refractivity contribution in [2.75, 3.05) is 0 Å². The molecular weight excluding hydrogens is 301 g/mol. The fourth-order valence-corrected chi connectivity index (χ4v) is 2.58. The lowest BCUT2D eigenvalue weighted by Gasteiger charge is -2.14. The molecule has 0 saturated heterocycles. The number of fused-ring (bicyclic) bond motifs is 1. The van der Waals surface area contributed by atoms with Crippen molar-refractivity contribution < 1.29 is 13.2 Å². The lowest BCUT2D eigenvalue weighted by molar-refractivity contribution is -0.211. The second-order valence-electron chi connectivity index (χ2n) is 6.57. The van der Waals surface area contributed by atoms with Crippen LogP contribution in [0.15, 0.2) is 48.5 Å². The maximum absolute atomic E-state index is 13.4. The van der Waals surface area contributed by atoms with Gasteiger partial charge in [0.25, 0.3) is 0 Å². The average molecular weight is 318 g/mol. The van der Waals surface area contributed by atoms with Crippen molar-refractivity contribution in [3.8, 4) is 11.3 Å². The van der Waals surface area contributed by atoms with Crippen molar-refractivity contribution in [2.24, 2.45) is 0 Å². The van der Waals surface area contributed by atoms with Gasteiger partial charge in [-0.15, -0.1) is 13.2 Å². The Morgan fingerprint density at radius 2 is 1.57 bits per heavy atom. The van der Waals surface area contributed by atoms with Gasteiger partial charge in [-0.25, -0.2) is 0 Å². The Hall–Kier alpha value is -2.30. The standard InChI is InChI=1S/C18H17F3N2/c1-17(2,3)16-11-15(23(22-16)18(19,20)21)14-10-6-8-12-7-4-5-9-13(12)14/h4-11H,1-3H3. The minimum absolute atomic E-state index is 0.0687. The van der Waals surface area contributed by atoms with Crippen LogP contribution in [0, 0.1) is 0 Å². The van der Waals surface area contributed by atoms with Crippen molar-refractivity contribution in [3.63, 3.8) is 0 Å². The second kappa shape index (κ2) is 5.11. The van der Waals surface area contributed by atoms with E-state index in [1.54, 1.807) is 12.1 Å². The monoisotopic (exact) mass is 318 g/mol. The van der Waals surface area contributed by atoms with E-state index in [2.05, 4.69) is 5.10 Å². The first-order chi connectivity index (χ1) is 10.7. The van der Waals surface area contributed by atoms with E-state index in [-0.39, 0.29) is 10.4 Å². The fraction of sp³-hybridized carbons (Fsp3) is 0.278. The second-order valence-corrected chi connectivity index (χ2v) is 6.57. The van der Waals surface area contributed by atoms with Crippen LogP contribution in [0.2, 0.25) is 0 Å². The zero-order valence-corrected chi connectivity index (χ0v) is 13.1. The summed E-state index contributed by atoms with van der Waals surface area (Å²) in [6.07, 6.45) is -4.56. The summed E-state index contributed by atoms with van der Waals surface area (Å²) in [6.45, 7) is 5.55. The molecule has 23 heavy (non-hydrogen) atoms. The Morgan fingerprint density at radius 3 is 2.22 bits per heavy atom. The minimum Gasteiger partial charge on any atom is -0.171 e. The molecule has 5 heteroatoms. The summed E-state index contributed by atoms with van der Waals surface area (Å²) >= 11 is 0. The van der Waals surface area contributed by atoms with Gasteiger partial charge in [0.15, 0.2) is 0 Å². The number of halogens is 3. The van der Waals surface area contributed by atoms with E-state index in [1.165, 1.54) is 6.07 Å². The quantitative estimate of drug-likeness (QED) is 0.581. The van der Waals surface area contributed by atoms with Gasteiger partial charge < -0.3 is 0 Å². The van der Waals surface area contributed by atoms with Gasteiger partial charge in [0.05, 0.1) is 11.4 Å². The number of nitrogens with zero attached hydrogens (tertiary/aromatic N) is 2. The third-order valence-corrected chi connectivity index (χ3v) is 3.78. The SMILES string of the molecule is CC(C)(C)c1cc(-c2cccc3ccccc23)n(C(F)(F)F)n1. The van der Waals surface area contributed by atoms with Gasteiger partial charge in [-0.05, 0) is 16.8 Å². The van der Waals surface area contributed by atoms with Crippen molar-refractivity contribution >= 4 is 10.8 Å². The number of rotatable bonds is 1. The van der Waals surface area contributed by atoms with Crippen LogP contribution in [-0.4, -0.2) is 9.78 Å². The molecule has 0 aliphatic carbocycles. The Labute approximate surface area is 132 Å². The van der Waals surface area contributed by atoms with Gasteiger partial charge in [0.1, 0.15) is 0 Å². The predicted octanol–water partition coefficient (Wildman–Crippen LogP) is 5.48. The molecule has 3 aromatic rings. The average Bonchev–Trinajstić information content (AvgIpc) is 2.92. The highest BCUT2D eigenvalue weighted by Crippen LogP contribution is 2.36. The van der Waals surface area contributed by atoms with Crippen molar-refractivity contribution in [1.29, 1.82) is 0 Å². The van der Waals surface area contributed by atoms with E-state index in [9.17, 15) is 13.2 Å². The maximum atomic E-state index is 13.4. The number of hydrogen-bond acceptors (Lipinski definition) is 1. The molecule has 0 aliphatic heterocycles. The van der Waals surface area contributed by atoms with Crippen molar-refractivity contribution in [3.05, 3.63) is 54.2 Å². The summed E-state index contributed by atoms with van der Waals surface area (Å²) in [7, 11) is 0. The molecule has 0 aliphatic rings. The van der Waals surface area contributed by atoms with Crippen molar-refractivity contribution in [2.45, 2.75) is 32.5 Å². The van der Waals surface area contributed by atoms with Gasteiger partial charge in [-0.1, -0.05) is 63.2 Å². The molecule has 0 saturated carbocycles. The van der Waals surface area contributed by atoms with Gasteiger partial charge in [-0.2, -0.15) is 9.78 Å². The molecule has 0 atom stereocenters. The topological polar surface area (TPSA) is 17.8 Å². The molecule has 3 rings (SSSR count). The Kier molecular flexibility index (Phi) is 3.47. The molecule has 0 amide bonds. The molecule has 0 spiro atoms. The lowest BCUT2D eigenvalue weighted by Crippen LogP contribution is -2.21. The molecule has 0 unspecified atom stereocenters. The van der Waals surface area contributed by atoms with Crippen LogP contribution in [0.3, 0.4) is 0 Å².